The quantitative estimate of drug-likeness (QED) is 0.371. The highest BCUT2D eigenvalue weighted by Gasteiger charge is 2.26. The number of rotatable bonds is 5. The van der Waals surface area contributed by atoms with E-state index in [0.29, 0.717) is 16.9 Å². The summed E-state index contributed by atoms with van der Waals surface area (Å²) in [6.45, 7) is 3.22. The minimum atomic E-state index is -0.825. The lowest BCUT2D eigenvalue weighted by Crippen LogP contribution is -2.11. The zero-order valence-corrected chi connectivity index (χ0v) is 17.9. The minimum absolute atomic E-state index is 0.171. The first-order valence-corrected chi connectivity index (χ1v) is 10.2. The molecule has 0 N–H and O–H groups in total. The molecule has 1 aromatic carbocycles. The van der Waals surface area contributed by atoms with E-state index in [1.807, 2.05) is 0 Å². The lowest BCUT2D eigenvalue weighted by atomic mass is 9.96. The van der Waals surface area contributed by atoms with Gasteiger partial charge in [-0.05, 0) is 25.1 Å². The van der Waals surface area contributed by atoms with Gasteiger partial charge in [0.2, 0.25) is 0 Å². The standard InChI is InChI=1S/C22H18F2N8O/c1-11(22-28-27-19-5-4-17(12(2)30-33)29-32(19)22)20-16(23)7-18-15(21(20)24)6-13(8-25-18)14-9-26-31(3)10-14/h4-12H,1-3H3/t11-,12?/m0/s1. The molecular formula is C22H18F2N8O. The van der Waals surface area contributed by atoms with Crippen LogP contribution >= 0.6 is 0 Å². The molecule has 0 bridgehead atoms. The topological polar surface area (TPSA) is 103 Å². The van der Waals surface area contributed by atoms with E-state index in [4.69, 9.17) is 0 Å². The Labute approximate surface area is 186 Å². The number of aromatic nitrogens is 7. The third-order valence-electron chi connectivity index (χ3n) is 5.66. The molecule has 0 aliphatic rings. The minimum Gasteiger partial charge on any atom is -0.275 e. The van der Waals surface area contributed by atoms with E-state index in [-0.39, 0.29) is 22.3 Å². The van der Waals surface area contributed by atoms with Crippen molar-refractivity contribution in [3.8, 4) is 11.1 Å². The summed E-state index contributed by atoms with van der Waals surface area (Å²) in [7, 11) is 1.78. The zero-order valence-electron chi connectivity index (χ0n) is 17.9. The Morgan fingerprint density at radius 3 is 2.61 bits per heavy atom. The van der Waals surface area contributed by atoms with E-state index >= 15 is 8.78 Å². The summed E-state index contributed by atoms with van der Waals surface area (Å²) < 4.78 is 33.8. The predicted molar refractivity (Wildman–Crippen MR) is 116 cm³/mol. The maximum absolute atomic E-state index is 15.7. The molecule has 0 fully saturated rings. The molecule has 9 nitrogen and oxygen atoms in total. The van der Waals surface area contributed by atoms with E-state index in [2.05, 4.69) is 30.6 Å². The Hall–Kier alpha value is -4.15. The lowest BCUT2D eigenvalue weighted by Gasteiger charge is -2.14. The van der Waals surface area contributed by atoms with Gasteiger partial charge in [-0.3, -0.25) is 9.67 Å². The molecule has 0 aliphatic carbocycles. The molecule has 0 saturated carbocycles. The summed E-state index contributed by atoms with van der Waals surface area (Å²) in [6, 6.07) is 5.39. The number of benzene rings is 1. The fourth-order valence-corrected chi connectivity index (χ4v) is 3.83. The number of halogens is 2. The SMILES string of the molecule is CC(N=O)c1ccc2nnc([C@@H](C)c3c(F)cc4ncc(-c5cnn(C)c5)cc4c3F)n2n1. The van der Waals surface area contributed by atoms with Crippen LogP contribution in [-0.4, -0.2) is 34.6 Å². The Balaban J connectivity index is 1.65. The molecule has 166 valence electrons. The smallest absolute Gasteiger partial charge is 0.177 e. The van der Waals surface area contributed by atoms with Crippen LogP contribution in [0.3, 0.4) is 0 Å². The van der Waals surface area contributed by atoms with Gasteiger partial charge in [0.05, 0.1) is 17.4 Å². The second-order valence-corrected chi connectivity index (χ2v) is 7.87. The van der Waals surface area contributed by atoms with Crippen molar-refractivity contribution in [2.75, 3.05) is 0 Å². The Morgan fingerprint density at radius 1 is 1.06 bits per heavy atom. The van der Waals surface area contributed by atoms with Crippen molar-refractivity contribution in [1.82, 2.24) is 34.6 Å². The van der Waals surface area contributed by atoms with Gasteiger partial charge in [0, 0.05) is 53.5 Å². The van der Waals surface area contributed by atoms with Gasteiger partial charge in [0.15, 0.2) is 11.5 Å². The Kier molecular flexibility index (Phi) is 4.88. The van der Waals surface area contributed by atoms with E-state index in [0.717, 1.165) is 5.56 Å². The van der Waals surface area contributed by atoms with Crippen molar-refractivity contribution in [1.29, 1.82) is 0 Å². The average Bonchev–Trinajstić information content (AvgIpc) is 3.44. The van der Waals surface area contributed by atoms with Crippen molar-refractivity contribution in [2.45, 2.75) is 25.8 Å². The number of hydrogen-bond donors (Lipinski definition) is 0. The highest BCUT2D eigenvalue weighted by molar-refractivity contribution is 5.85. The van der Waals surface area contributed by atoms with E-state index < -0.39 is 23.6 Å². The molecule has 0 radical (unpaired) electrons. The number of pyridine rings is 1. The van der Waals surface area contributed by atoms with Gasteiger partial charge < -0.3 is 0 Å². The predicted octanol–water partition coefficient (Wildman–Crippen LogP) is 4.33. The molecule has 0 aliphatic heterocycles. The number of fused-ring (bicyclic) bond motifs is 2. The number of aryl methyl sites for hydroxylation is 1. The average molecular weight is 448 g/mol. The second-order valence-electron chi connectivity index (χ2n) is 7.87. The largest absolute Gasteiger partial charge is 0.275 e. The normalized spacial score (nSPS) is 13.5. The van der Waals surface area contributed by atoms with E-state index in [1.54, 1.807) is 62.4 Å². The van der Waals surface area contributed by atoms with Crippen LogP contribution in [0.4, 0.5) is 8.78 Å². The third kappa shape index (κ3) is 3.41. The van der Waals surface area contributed by atoms with Gasteiger partial charge >= 0.3 is 0 Å². The first-order valence-electron chi connectivity index (χ1n) is 10.2. The molecule has 2 atom stereocenters. The highest BCUT2D eigenvalue weighted by Crippen LogP contribution is 2.33. The molecule has 4 heterocycles. The first kappa shape index (κ1) is 20.7. The molecule has 0 amide bonds. The van der Waals surface area contributed by atoms with Crippen LogP contribution in [0.2, 0.25) is 0 Å². The molecule has 11 heteroatoms. The van der Waals surface area contributed by atoms with E-state index in [1.165, 1.54) is 10.6 Å². The van der Waals surface area contributed by atoms with Gasteiger partial charge in [-0.25, -0.2) is 8.78 Å². The monoisotopic (exact) mass is 448 g/mol. The van der Waals surface area contributed by atoms with Crippen molar-refractivity contribution >= 4 is 16.6 Å². The molecule has 33 heavy (non-hydrogen) atoms. The summed E-state index contributed by atoms with van der Waals surface area (Å²) >= 11 is 0. The molecule has 5 aromatic rings. The van der Waals surface area contributed by atoms with Crippen molar-refractivity contribution in [3.05, 3.63) is 76.5 Å². The zero-order chi connectivity index (χ0) is 23.3. The van der Waals surface area contributed by atoms with Crippen LogP contribution in [-0.2, 0) is 7.05 Å². The van der Waals surface area contributed by atoms with Gasteiger partial charge in [0.25, 0.3) is 0 Å². The summed E-state index contributed by atoms with van der Waals surface area (Å²) in [5, 5.41) is 19.8. The summed E-state index contributed by atoms with van der Waals surface area (Å²) in [5.74, 6) is -2.07. The van der Waals surface area contributed by atoms with Gasteiger partial charge in [-0.1, -0.05) is 12.1 Å². The maximum atomic E-state index is 15.7. The third-order valence-corrected chi connectivity index (χ3v) is 5.66. The molecular weight excluding hydrogens is 430 g/mol. The number of nitroso groups, excluding NO2 is 1. The van der Waals surface area contributed by atoms with Crippen molar-refractivity contribution < 1.29 is 8.78 Å². The van der Waals surface area contributed by atoms with Crippen LogP contribution in [0.15, 0.2) is 48.0 Å². The summed E-state index contributed by atoms with van der Waals surface area (Å²) in [6.07, 6.45) is 4.99. The fourth-order valence-electron chi connectivity index (χ4n) is 3.83. The van der Waals surface area contributed by atoms with Crippen LogP contribution in [0.25, 0.3) is 27.7 Å². The van der Waals surface area contributed by atoms with Gasteiger partial charge in [-0.15, -0.1) is 10.2 Å². The number of hydrogen-bond acceptors (Lipinski definition) is 7. The molecule has 5 rings (SSSR count). The Morgan fingerprint density at radius 2 is 1.88 bits per heavy atom. The van der Waals surface area contributed by atoms with Crippen LogP contribution in [0.5, 0.6) is 0 Å². The highest BCUT2D eigenvalue weighted by atomic mass is 19.1. The van der Waals surface area contributed by atoms with Crippen LogP contribution in [0, 0.1) is 16.5 Å². The lowest BCUT2D eigenvalue weighted by molar-refractivity contribution is 0.546. The fraction of sp³-hybridized carbons (Fsp3) is 0.227. The second kappa shape index (κ2) is 7.76. The summed E-state index contributed by atoms with van der Waals surface area (Å²) in [5.41, 5.74) is 2.25. The molecule has 0 saturated heterocycles. The van der Waals surface area contributed by atoms with Crippen LogP contribution in [0.1, 0.15) is 42.9 Å². The van der Waals surface area contributed by atoms with Crippen LogP contribution < -0.4 is 0 Å². The first-order chi connectivity index (χ1) is 15.9. The van der Waals surface area contributed by atoms with Gasteiger partial charge in [0.1, 0.15) is 17.7 Å². The van der Waals surface area contributed by atoms with E-state index in [9.17, 15) is 4.91 Å². The van der Waals surface area contributed by atoms with Crippen molar-refractivity contribution in [2.24, 2.45) is 12.2 Å². The molecule has 4 aromatic heterocycles. The summed E-state index contributed by atoms with van der Waals surface area (Å²) in [4.78, 5) is 15.2. The van der Waals surface area contributed by atoms with Crippen molar-refractivity contribution in [3.63, 3.8) is 0 Å². The molecule has 0 spiro atoms. The number of nitrogens with zero attached hydrogens (tertiary/aromatic N) is 8. The Bertz CT molecular complexity index is 1530. The molecule has 1 unspecified atom stereocenters. The van der Waals surface area contributed by atoms with Gasteiger partial charge in [-0.2, -0.15) is 19.6 Å². The maximum Gasteiger partial charge on any atom is 0.177 e.